The van der Waals surface area contributed by atoms with Crippen LogP contribution in [0.3, 0.4) is 0 Å². The van der Waals surface area contributed by atoms with E-state index in [0.717, 1.165) is 44.5 Å². The van der Waals surface area contributed by atoms with Gasteiger partial charge >= 0.3 is 0 Å². The molecule has 1 aromatic carbocycles. The van der Waals surface area contributed by atoms with Crippen LogP contribution in [-0.2, 0) is 11.2 Å². The third kappa shape index (κ3) is 4.43. The fraction of sp³-hybridized carbons (Fsp3) is 0.588. The van der Waals surface area contributed by atoms with Gasteiger partial charge < -0.3 is 10.2 Å². The average Bonchev–Trinajstić information content (AvgIpc) is 3.13. The zero-order chi connectivity index (χ0) is 14.7. The summed E-state index contributed by atoms with van der Waals surface area (Å²) in [7, 11) is 0. The van der Waals surface area contributed by atoms with E-state index < -0.39 is 0 Å². The Kier molecular flexibility index (Phi) is 6.21. The summed E-state index contributed by atoms with van der Waals surface area (Å²) >= 11 is 0. The topological polar surface area (TPSA) is 32.3 Å². The van der Waals surface area contributed by atoms with E-state index in [1.807, 2.05) is 17.0 Å². The minimum Gasteiger partial charge on any atom is -0.342 e. The van der Waals surface area contributed by atoms with Crippen molar-refractivity contribution in [3.8, 4) is 0 Å². The molecule has 2 heterocycles. The Morgan fingerprint density at radius 1 is 1.27 bits per heavy atom. The van der Waals surface area contributed by atoms with E-state index in [2.05, 4.69) is 5.32 Å². The second-order valence-electron chi connectivity index (χ2n) is 6.32. The first-order valence-electron chi connectivity index (χ1n) is 7.96. The van der Waals surface area contributed by atoms with Gasteiger partial charge in [-0.3, -0.25) is 4.79 Å². The van der Waals surface area contributed by atoms with Gasteiger partial charge in [-0.15, -0.1) is 12.4 Å². The van der Waals surface area contributed by atoms with Crippen LogP contribution in [0.15, 0.2) is 24.3 Å². The van der Waals surface area contributed by atoms with Gasteiger partial charge in [0.15, 0.2) is 0 Å². The number of carbonyl (C=O) groups excluding carboxylic acids is 1. The number of hydrogen-bond acceptors (Lipinski definition) is 2. The van der Waals surface area contributed by atoms with Crippen molar-refractivity contribution in [1.82, 2.24) is 10.2 Å². The highest BCUT2D eigenvalue weighted by atomic mass is 35.5. The van der Waals surface area contributed by atoms with Crippen LogP contribution in [0, 0.1) is 11.7 Å². The zero-order valence-corrected chi connectivity index (χ0v) is 13.6. The van der Waals surface area contributed by atoms with Gasteiger partial charge in [0.05, 0.1) is 0 Å². The lowest BCUT2D eigenvalue weighted by Gasteiger charge is -2.19. The van der Waals surface area contributed by atoms with E-state index in [1.54, 1.807) is 0 Å². The number of benzene rings is 1. The first-order valence-corrected chi connectivity index (χ1v) is 7.96. The zero-order valence-electron chi connectivity index (χ0n) is 12.8. The van der Waals surface area contributed by atoms with E-state index in [1.165, 1.54) is 18.6 Å². The quantitative estimate of drug-likeness (QED) is 0.922. The molecule has 2 aliphatic rings. The van der Waals surface area contributed by atoms with Gasteiger partial charge in [0, 0.05) is 25.6 Å². The summed E-state index contributed by atoms with van der Waals surface area (Å²) in [4.78, 5) is 14.3. The van der Waals surface area contributed by atoms with Crippen LogP contribution in [0.2, 0.25) is 0 Å². The maximum absolute atomic E-state index is 12.9. The molecular formula is C17H24ClFN2O. The maximum atomic E-state index is 12.9. The van der Waals surface area contributed by atoms with Gasteiger partial charge in [0.2, 0.25) is 5.91 Å². The van der Waals surface area contributed by atoms with Crippen LogP contribution in [0.4, 0.5) is 4.39 Å². The summed E-state index contributed by atoms with van der Waals surface area (Å²) in [5.74, 6) is 0.609. The van der Waals surface area contributed by atoms with Gasteiger partial charge in [-0.2, -0.15) is 0 Å². The minimum absolute atomic E-state index is 0. The molecule has 122 valence electrons. The molecule has 3 nitrogen and oxygen atoms in total. The summed E-state index contributed by atoms with van der Waals surface area (Å²) in [6.45, 7) is 2.77. The maximum Gasteiger partial charge on any atom is 0.224 e. The average molecular weight is 327 g/mol. The monoisotopic (exact) mass is 326 g/mol. The molecule has 0 bridgehead atoms. The Labute approximate surface area is 137 Å². The van der Waals surface area contributed by atoms with Gasteiger partial charge in [-0.25, -0.2) is 4.39 Å². The van der Waals surface area contributed by atoms with E-state index in [0.29, 0.717) is 18.4 Å². The normalized spacial score (nSPS) is 24.3. The molecule has 0 aliphatic carbocycles. The largest absolute Gasteiger partial charge is 0.342 e. The number of nitrogens with zero attached hydrogens (tertiary/aromatic N) is 1. The van der Waals surface area contributed by atoms with Crippen molar-refractivity contribution in [2.45, 2.75) is 38.1 Å². The molecule has 1 N–H and O–H groups in total. The van der Waals surface area contributed by atoms with E-state index in [4.69, 9.17) is 0 Å². The number of halogens is 2. The lowest BCUT2D eigenvalue weighted by Crippen LogP contribution is -2.34. The molecule has 2 aliphatic heterocycles. The van der Waals surface area contributed by atoms with Crippen LogP contribution in [0.1, 0.15) is 31.2 Å². The molecule has 1 amide bonds. The Balaban J connectivity index is 0.00000176. The first-order chi connectivity index (χ1) is 10.2. The summed E-state index contributed by atoms with van der Waals surface area (Å²) in [5, 5.41) is 3.38. The molecule has 3 rings (SSSR count). The Bertz CT molecular complexity index is 488. The Morgan fingerprint density at radius 2 is 2.05 bits per heavy atom. The highest BCUT2D eigenvalue weighted by Crippen LogP contribution is 2.22. The lowest BCUT2D eigenvalue weighted by molar-refractivity contribution is -0.130. The van der Waals surface area contributed by atoms with E-state index >= 15 is 0 Å². The SMILES string of the molecule is Cl.O=C(CC1CCCN1)N1CCC(Cc2ccc(F)cc2)C1. The molecule has 2 atom stereocenters. The Hall–Kier alpha value is -1.13. The molecule has 5 heteroatoms. The van der Waals surface area contributed by atoms with Crippen molar-refractivity contribution in [3.63, 3.8) is 0 Å². The number of carbonyl (C=O) groups is 1. The summed E-state index contributed by atoms with van der Waals surface area (Å²) in [6, 6.07) is 7.11. The van der Waals surface area contributed by atoms with Crippen molar-refractivity contribution < 1.29 is 9.18 Å². The lowest BCUT2D eigenvalue weighted by atomic mass is 9.99. The second-order valence-corrected chi connectivity index (χ2v) is 6.32. The van der Waals surface area contributed by atoms with E-state index in [9.17, 15) is 9.18 Å². The highest BCUT2D eigenvalue weighted by molar-refractivity contribution is 5.85. The van der Waals surface area contributed by atoms with Gasteiger partial charge in [-0.1, -0.05) is 12.1 Å². The third-order valence-electron chi connectivity index (χ3n) is 4.66. The molecule has 0 aromatic heterocycles. The van der Waals surface area contributed by atoms with E-state index in [-0.39, 0.29) is 24.1 Å². The number of likely N-dealkylation sites (tertiary alicyclic amines) is 1. The van der Waals surface area contributed by atoms with Crippen molar-refractivity contribution in [1.29, 1.82) is 0 Å². The predicted molar refractivity (Wildman–Crippen MR) is 87.7 cm³/mol. The van der Waals surface area contributed by atoms with Crippen LogP contribution < -0.4 is 5.32 Å². The molecule has 0 saturated carbocycles. The molecule has 1 aromatic rings. The fourth-order valence-corrected chi connectivity index (χ4v) is 3.45. The van der Waals surface area contributed by atoms with Gasteiger partial charge in [0.1, 0.15) is 5.82 Å². The molecule has 2 unspecified atom stereocenters. The van der Waals surface area contributed by atoms with Crippen LogP contribution >= 0.6 is 12.4 Å². The number of hydrogen-bond donors (Lipinski definition) is 1. The van der Waals surface area contributed by atoms with Gasteiger partial charge in [-0.05, 0) is 55.8 Å². The number of nitrogens with one attached hydrogen (secondary N) is 1. The van der Waals surface area contributed by atoms with Crippen molar-refractivity contribution in [3.05, 3.63) is 35.6 Å². The van der Waals surface area contributed by atoms with Crippen LogP contribution in [0.5, 0.6) is 0 Å². The third-order valence-corrected chi connectivity index (χ3v) is 4.66. The standard InChI is InChI=1S/C17H23FN2O.ClH/c18-15-5-3-13(4-6-15)10-14-7-9-20(12-14)17(21)11-16-2-1-8-19-16;/h3-6,14,16,19H,1-2,7-12H2;1H. The molecule has 0 radical (unpaired) electrons. The predicted octanol–water partition coefficient (Wildman–Crippen LogP) is 2.78. The smallest absolute Gasteiger partial charge is 0.224 e. The molecule has 22 heavy (non-hydrogen) atoms. The molecule has 2 saturated heterocycles. The second kappa shape index (κ2) is 7.93. The molecule has 0 spiro atoms. The molecule has 2 fully saturated rings. The number of rotatable bonds is 4. The first kappa shape index (κ1) is 17.2. The van der Waals surface area contributed by atoms with Crippen molar-refractivity contribution >= 4 is 18.3 Å². The van der Waals surface area contributed by atoms with Crippen molar-refractivity contribution in [2.75, 3.05) is 19.6 Å². The fourth-order valence-electron chi connectivity index (χ4n) is 3.45. The number of amides is 1. The minimum atomic E-state index is -0.189. The van der Waals surface area contributed by atoms with Crippen molar-refractivity contribution in [2.24, 2.45) is 5.92 Å². The summed E-state index contributed by atoms with van der Waals surface area (Å²) < 4.78 is 12.9. The van der Waals surface area contributed by atoms with Crippen LogP contribution in [-0.4, -0.2) is 36.5 Å². The van der Waals surface area contributed by atoms with Crippen LogP contribution in [0.25, 0.3) is 0 Å². The highest BCUT2D eigenvalue weighted by Gasteiger charge is 2.28. The Morgan fingerprint density at radius 3 is 2.73 bits per heavy atom. The summed E-state index contributed by atoms with van der Waals surface area (Å²) in [5.41, 5.74) is 1.16. The molecular weight excluding hydrogens is 303 g/mol. The summed E-state index contributed by atoms with van der Waals surface area (Å²) in [6.07, 6.45) is 4.94. The van der Waals surface area contributed by atoms with Gasteiger partial charge in [0.25, 0.3) is 0 Å².